The predicted octanol–water partition coefficient (Wildman–Crippen LogP) is 4.44. The monoisotopic (exact) mass is 423 g/mol. The Morgan fingerprint density at radius 3 is 2.57 bits per heavy atom. The van der Waals surface area contributed by atoms with Gasteiger partial charge >= 0.3 is 0 Å². The van der Waals surface area contributed by atoms with Crippen molar-refractivity contribution in [1.82, 2.24) is 4.90 Å². The number of hydrogen-bond donors (Lipinski definition) is 1. The quantitative estimate of drug-likeness (QED) is 0.529. The second-order valence-electron chi connectivity index (χ2n) is 7.84. The van der Waals surface area contributed by atoms with Gasteiger partial charge < -0.3 is 10.0 Å². The van der Waals surface area contributed by atoms with Gasteiger partial charge in [0.05, 0.1) is 10.8 Å². The van der Waals surface area contributed by atoms with Crippen LogP contribution in [0.4, 0.5) is 11.4 Å². The highest BCUT2D eigenvalue weighted by molar-refractivity contribution is 7.78. The molecule has 3 atom stereocenters. The molecule has 0 spiro atoms. The first kappa shape index (κ1) is 22.3. The topological polar surface area (TPSA) is 56.1 Å². The molecule has 1 fully saturated rings. The zero-order valence-electron chi connectivity index (χ0n) is 17.6. The summed E-state index contributed by atoms with van der Waals surface area (Å²) in [4.78, 5) is 20.8. The first-order valence-corrected chi connectivity index (χ1v) is 10.9. The van der Waals surface area contributed by atoms with Gasteiger partial charge in [-0.05, 0) is 54.4 Å². The molecule has 0 bridgehead atoms. The van der Waals surface area contributed by atoms with Crippen molar-refractivity contribution in [3.8, 4) is 0 Å². The molecule has 2 aromatic carbocycles. The molecule has 1 aliphatic rings. The molecule has 158 valence electrons. The van der Waals surface area contributed by atoms with Gasteiger partial charge in [-0.25, -0.2) is 0 Å². The number of rotatable bonds is 7. The number of thiocarbonyl (C=S) groups is 1. The van der Waals surface area contributed by atoms with E-state index in [1.165, 1.54) is 0 Å². The predicted molar refractivity (Wildman–Crippen MR) is 124 cm³/mol. The fourth-order valence-corrected chi connectivity index (χ4v) is 4.30. The average Bonchev–Trinajstić information content (AvgIpc) is 2.77. The Balaban J connectivity index is 1.65. The lowest BCUT2D eigenvalue weighted by molar-refractivity contribution is -0.119. The molecule has 3 rings (SSSR count). The van der Waals surface area contributed by atoms with Gasteiger partial charge in [-0.1, -0.05) is 44.2 Å². The molecule has 2 aromatic rings. The maximum atomic E-state index is 12.7. The van der Waals surface area contributed by atoms with Crippen LogP contribution in [-0.4, -0.2) is 46.4 Å². The summed E-state index contributed by atoms with van der Waals surface area (Å²) in [6, 6.07) is 17.7. The number of isothiocyanates is 1. The number of anilines is 1. The highest BCUT2D eigenvalue weighted by Gasteiger charge is 2.35. The van der Waals surface area contributed by atoms with Crippen LogP contribution in [0, 0.1) is 5.92 Å². The van der Waals surface area contributed by atoms with Gasteiger partial charge in [0.1, 0.15) is 6.23 Å². The highest BCUT2D eigenvalue weighted by atomic mass is 32.1. The van der Waals surface area contributed by atoms with Crippen LogP contribution in [0.25, 0.3) is 0 Å². The molecule has 0 aromatic heterocycles. The number of amides is 1. The van der Waals surface area contributed by atoms with Crippen molar-refractivity contribution in [3.63, 3.8) is 0 Å². The zero-order valence-corrected chi connectivity index (χ0v) is 18.4. The lowest BCUT2D eigenvalue weighted by Gasteiger charge is -2.44. The molecule has 1 aliphatic heterocycles. The molecule has 0 unspecified atom stereocenters. The van der Waals surface area contributed by atoms with E-state index in [1.807, 2.05) is 66.4 Å². The van der Waals surface area contributed by atoms with Crippen molar-refractivity contribution in [1.29, 1.82) is 0 Å². The fourth-order valence-electron chi connectivity index (χ4n) is 4.20. The minimum atomic E-state index is -0.555. The summed E-state index contributed by atoms with van der Waals surface area (Å²) in [5.41, 5.74) is 2.77. The van der Waals surface area contributed by atoms with E-state index in [-0.39, 0.29) is 17.9 Å². The SMILES string of the molecule is CCC(=O)N(c1ccccc1)[C@@H]1CCN([C@H](O)Cc2ccc(N=C=S)cc2)C[C@H]1C. The third-order valence-corrected chi connectivity index (χ3v) is 5.87. The second kappa shape index (κ2) is 10.6. The standard InChI is InChI=1S/C24H29N3O2S/c1-3-23(28)27(21-7-5-4-6-8-21)22-13-14-26(16-18(22)2)24(29)15-19-9-11-20(12-10-19)25-17-30/h4-12,18,22,24,29H,3,13-16H2,1-2H3/t18-,22-,24-/m1/s1. The van der Waals surface area contributed by atoms with E-state index in [0.29, 0.717) is 12.8 Å². The van der Waals surface area contributed by atoms with Gasteiger partial charge in [0, 0.05) is 37.7 Å². The van der Waals surface area contributed by atoms with Gasteiger partial charge in [-0.3, -0.25) is 9.69 Å². The van der Waals surface area contributed by atoms with Crippen molar-refractivity contribution in [2.45, 2.75) is 45.4 Å². The first-order valence-electron chi connectivity index (χ1n) is 10.5. The van der Waals surface area contributed by atoms with Gasteiger partial charge in [0.25, 0.3) is 0 Å². The summed E-state index contributed by atoms with van der Waals surface area (Å²) >= 11 is 4.63. The number of nitrogens with zero attached hydrogens (tertiary/aromatic N) is 3. The Morgan fingerprint density at radius 1 is 1.27 bits per heavy atom. The van der Waals surface area contributed by atoms with E-state index < -0.39 is 6.23 Å². The molecule has 1 amide bonds. The summed E-state index contributed by atoms with van der Waals surface area (Å²) in [6.07, 6.45) is 1.31. The maximum absolute atomic E-state index is 12.7. The van der Waals surface area contributed by atoms with Gasteiger partial charge in [-0.2, -0.15) is 4.99 Å². The Bertz CT molecular complexity index is 881. The molecule has 5 nitrogen and oxygen atoms in total. The number of piperidine rings is 1. The van der Waals surface area contributed by atoms with Crippen LogP contribution in [-0.2, 0) is 11.2 Å². The number of carbonyl (C=O) groups excluding carboxylic acids is 1. The first-order chi connectivity index (χ1) is 14.5. The number of likely N-dealkylation sites (tertiary alicyclic amines) is 1. The molecule has 0 saturated carbocycles. The van der Waals surface area contributed by atoms with E-state index >= 15 is 0 Å². The summed E-state index contributed by atoms with van der Waals surface area (Å²) in [6.45, 7) is 5.58. The van der Waals surface area contributed by atoms with Crippen molar-refractivity contribution in [2.75, 3.05) is 18.0 Å². The molecule has 1 N–H and O–H groups in total. The normalized spacial score (nSPS) is 20.2. The molecular formula is C24H29N3O2S. The van der Waals surface area contributed by atoms with Crippen molar-refractivity contribution in [2.24, 2.45) is 10.9 Å². The third kappa shape index (κ3) is 5.41. The Hall–Kier alpha value is -2.37. The van der Waals surface area contributed by atoms with Crippen molar-refractivity contribution >= 4 is 34.7 Å². The van der Waals surface area contributed by atoms with Gasteiger partial charge in [-0.15, -0.1) is 0 Å². The van der Waals surface area contributed by atoms with E-state index in [2.05, 4.69) is 34.2 Å². The smallest absolute Gasteiger partial charge is 0.226 e. The molecule has 6 heteroatoms. The van der Waals surface area contributed by atoms with E-state index in [0.717, 1.165) is 36.4 Å². The summed E-state index contributed by atoms with van der Waals surface area (Å²) in [5, 5.41) is 13.2. The van der Waals surface area contributed by atoms with Crippen molar-refractivity contribution in [3.05, 3.63) is 60.2 Å². The van der Waals surface area contributed by atoms with Crippen LogP contribution < -0.4 is 4.90 Å². The Labute approximate surface area is 184 Å². The van der Waals surface area contributed by atoms with Crippen molar-refractivity contribution < 1.29 is 9.90 Å². The molecule has 30 heavy (non-hydrogen) atoms. The molecule has 0 aliphatic carbocycles. The highest BCUT2D eigenvalue weighted by Crippen LogP contribution is 2.29. The summed E-state index contributed by atoms with van der Waals surface area (Å²) in [5.74, 6) is 0.398. The van der Waals surface area contributed by atoms with E-state index in [1.54, 1.807) is 0 Å². The number of benzene rings is 2. The van der Waals surface area contributed by atoms with E-state index in [4.69, 9.17) is 0 Å². The van der Waals surface area contributed by atoms with Crippen LogP contribution in [0.2, 0.25) is 0 Å². The number of hydrogen-bond acceptors (Lipinski definition) is 5. The lowest BCUT2D eigenvalue weighted by atomic mass is 9.91. The number of aliphatic hydroxyl groups is 1. The largest absolute Gasteiger partial charge is 0.378 e. The molecule has 1 heterocycles. The molecule has 1 saturated heterocycles. The number of para-hydroxylation sites is 1. The van der Waals surface area contributed by atoms with Crippen LogP contribution in [0.15, 0.2) is 59.6 Å². The minimum absolute atomic E-state index is 0.134. The van der Waals surface area contributed by atoms with E-state index in [9.17, 15) is 9.90 Å². The minimum Gasteiger partial charge on any atom is -0.378 e. The lowest BCUT2D eigenvalue weighted by Crippen LogP contribution is -2.54. The number of aliphatic imine (C=N–C) groups is 1. The Kier molecular flexibility index (Phi) is 7.88. The maximum Gasteiger partial charge on any atom is 0.226 e. The third-order valence-electron chi connectivity index (χ3n) is 5.78. The van der Waals surface area contributed by atoms with Crippen LogP contribution in [0.1, 0.15) is 32.3 Å². The average molecular weight is 424 g/mol. The molecular weight excluding hydrogens is 394 g/mol. The summed E-state index contributed by atoms with van der Waals surface area (Å²) in [7, 11) is 0. The number of carbonyl (C=O) groups is 1. The Morgan fingerprint density at radius 2 is 1.97 bits per heavy atom. The number of aliphatic hydroxyl groups excluding tert-OH is 1. The summed E-state index contributed by atoms with van der Waals surface area (Å²) < 4.78 is 0. The van der Waals surface area contributed by atoms with Crippen LogP contribution >= 0.6 is 12.2 Å². The van der Waals surface area contributed by atoms with Gasteiger partial charge in [0.2, 0.25) is 5.91 Å². The van der Waals surface area contributed by atoms with Crippen LogP contribution in [0.3, 0.4) is 0 Å². The fraction of sp³-hybridized carbons (Fsp3) is 0.417. The zero-order chi connectivity index (χ0) is 21.5. The second-order valence-corrected chi connectivity index (χ2v) is 8.02. The van der Waals surface area contributed by atoms with Gasteiger partial charge in [0.15, 0.2) is 0 Å². The van der Waals surface area contributed by atoms with Crippen LogP contribution in [0.5, 0.6) is 0 Å². The molecule has 0 radical (unpaired) electrons.